The molecule has 0 radical (unpaired) electrons. The molecule has 1 aromatic heterocycles. The summed E-state index contributed by atoms with van der Waals surface area (Å²) in [5, 5.41) is 28.8. The minimum atomic E-state index is -1.19. The molecule has 0 aromatic carbocycles. The first-order valence-corrected chi connectivity index (χ1v) is 6.01. The topological polar surface area (TPSA) is 114 Å². The summed E-state index contributed by atoms with van der Waals surface area (Å²) in [7, 11) is 0. The molecule has 100 valence electrons. The van der Waals surface area contributed by atoms with Crippen LogP contribution in [0.3, 0.4) is 0 Å². The molecule has 1 fully saturated rings. The van der Waals surface area contributed by atoms with Crippen LogP contribution in [-0.4, -0.2) is 54.8 Å². The molecule has 0 aliphatic carbocycles. The summed E-state index contributed by atoms with van der Waals surface area (Å²) in [6, 6.07) is 0. The number of imidazole rings is 1. The van der Waals surface area contributed by atoms with E-state index in [1.165, 1.54) is 10.9 Å². The molecule has 2 heterocycles. The summed E-state index contributed by atoms with van der Waals surface area (Å²) < 4.78 is 6.74. The SMILES string of the molecule is NC(=S)c1ncn([C@@H]2O[C@H](CO)[C@@H](O)[C@H]2O)c1S. The fraction of sp³-hybridized carbons (Fsp3) is 0.556. The van der Waals surface area contributed by atoms with Crippen molar-refractivity contribution >= 4 is 29.8 Å². The third kappa shape index (κ3) is 2.13. The van der Waals surface area contributed by atoms with E-state index in [2.05, 4.69) is 17.6 Å². The Labute approximate surface area is 114 Å². The van der Waals surface area contributed by atoms with Crippen molar-refractivity contribution in [2.45, 2.75) is 29.6 Å². The zero-order valence-corrected chi connectivity index (χ0v) is 10.9. The normalized spacial score (nSPS) is 31.8. The lowest BCUT2D eigenvalue weighted by Crippen LogP contribution is -2.33. The monoisotopic (exact) mass is 291 g/mol. The molecule has 4 atom stereocenters. The predicted octanol–water partition coefficient (Wildman–Crippen LogP) is -1.58. The molecule has 5 N–H and O–H groups in total. The molecular weight excluding hydrogens is 278 g/mol. The Morgan fingerprint density at radius 3 is 2.67 bits per heavy atom. The van der Waals surface area contributed by atoms with Gasteiger partial charge in [0.25, 0.3) is 0 Å². The van der Waals surface area contributed by atoms with E-state index in [0.29, 0.717) is 10.7 Å². The van der Waals surface area contributed by atoms with Gasteiger partial charge in [-0.05, 0) is 0 Å². The number of thiol groups is 1. The Morgan fingerprint density at radius 2 is 2.22 bits per heavy atom. The predicted molar refractivity (Wildman–Crippen MR) is 68.4 cm³/mol. The second-order valence-corrected chi connectivity index (χ2v) is 4.78. The average Bonchev–Trinajstić information content (AvgIpc) is 2.82. The number of aliphatic hydroxyl groups is 3. The molecule has 0 unspecified atom stereocenters. The molecule has 1 aliphatic rings. The molecule has 18 heavy (non-hydrogen) atoms. The number of hydrogen-bond acceptors (Lipinski definition) is 7. The number of ether oxygens (including phenoxy) is 1. The van der Waals surface area contributed by atoms with Crippen LogP contribution in [0.1, 0.15) is 11.9 Å². The molecule has 0 amide bonds. The Morgan fingerprint density at radius 1 is 1.56 bits per heavy atom. The van der Waals surface area contributed by atoms with Crippen LogP contribution in [0, 0.1) is 0 Å². The van der Waals surface area contributed by atoms with Gasteiger partial charge in [-0.1, -0.05) is 12.2 Å². The molecule has 1 aliphatic heterocycles. The number of nitrogens with zero attached hydrogens (tertiary/aromatic N) is 2. The fourth-order valence-electron chi connectivity index (χ4n) is 1.82. The van der Waals surface area contributed by atoms with Gasteiger partial charge in [-0.3, -0.25) is 4.57 Å². The Kier molecular flexibility index (Phi) is 3.90. The van der Waals surface area contributed by atoms with E-state index in [1.807, 2.05) is 0 Å². The van der Waals surface area contributed by atoms with E-state index < -0.39 is 31.1 Å². The highest BCUT2D eigenvalue weighted by Gasteiger charge is 2.44. The minimum absolute atomic E-state index is 0.0745. The van der Waals surface area contributed by atoms with Crippen molar-refractivity contribution < 1.29 is 20.1 Å². The highest BCUT2D eigenvalue weighted by Crippen LogP contribution is 2.31. The molecule has 7 nitrogen and oxygen atoms in total. The summed E-state index contributed by atoms with van der Waals surface area (Å²) in [6.07, 6.45) is -2.75. The second-order valence-electron chi connectivity index (χ2n) is 3.92. The van der Waals surface area contributed by atoms with Crippen molar-refractivity contribution in [3.05, 3.63) is 12.0 Å². The number of aliphatic hydroxyl groups excluding tert-OH is 3. The van der Waals surface area contributed by atoms with Crippen molar-refractivity contribution in [1.29, 1.82) is 0 Å². The molecule has 0 bridgehead atoms. The van der Waals surface area contributed by atoms with Crippen LogP contribution < -0.4 is 5.73 Å². The molecule has 9 heteroatoms. The van der Waals surface area contributed by atoms with Crippen LogP contribution in [0.25, 0.3) is 0 Å². The Bertz CT molecular complexity index is 467. The first-order chi connectivity index (χ1) is 8.47. The Hall–Kier alpha value is -0.710. The summed E-state index contributed by atoms with van der Waals surface area (Å²) >= 11 is 9.00. The van der Waals surface area contributed by atoms with Crippen LogP contribution in [0.5, 0.6) is 0 Å². The van der Waals surface area contributed by atoms with E-state index in [4.69, 9.17) is 27.8 Å². The number of thiocarbonyl (C=S) groups is 1. The van der Waals surface area contributed by atoms with Crippen molar-refractivity contribution in [3.63, 3.8) is 0 Å². The van der Waals surface area contributed by atoms with Crippen LogP contribution >= 0.6 is 24.8 Å². The molecule has 0 saturated carbocycles. The smallest absolute Gasteiger partial charge is 0.164 e. The van der Waals surface area contributed by atoms with Crippen LogP contribution in [-0.2, 0) is 4.74 Å². The largest absolute Gasteiger partial charge is 0.394 e. The van der Waals surface area contributed by atoms with Crippen molar-refractivity contribution in [2.24, 2.45) is 5.73 Å². The van der Waals surface area contributed by atoms with Gasteiger partial charge in [0.2, 0.25) is 0 Å². The zero-order valence-electron chi connectivity index (χ0n) is 9.17. The molecule has 1 saturated heterocycles. The lowest BCUT2D eigenvalue weighted by Gasteiger charge is -2.17. The lowest BCUT2D eigenvalue weighted by molar-refractivity contribution is -0.0563. The van der Waals surface area contributed by atoms with Crippen LogP contribution in [0.15, 0.2) is 11.4 Å². The first kappa shape index (κ1) is 13.7. The number of hydrogen-bond donors (Lipinski definition) is 5. The zero-order chi connectivity index (χ0) is 13.4. The summed E-state index contributed by atoms with van der Waals surface area (Å²) in [5.41, 5.74) is 5.77. The lowest BCUT2D eigenvalue weighted by atomic mass is 10.1. The maximum atomic E-state index is 9.85. The van der Waals surface area contributed by atoms with Gasteiger partial charge in [0, 0.05) is 0 Å². The van der Waals surface area contributed by atoms with Gasteiger partial charge in [0.1, 0.15) is 34.0 Å². The quantitative estimate of drug-likeness (QED) is 0.337. The highest BCUT2D eigenvalue weighted by molar-refractivity contribution is 7.81. The van der Waals surface area contributed by atoms with Crippen LogP contribution in [0.2, 0.25) is 0 Å². The van der Waals surface area contributed by atoms with E-state index >= 15 is 0 Å². The maximum absolute atomic E-state index is 9.85. The molecule has 2 rings (SSSR count). The van der Waals surface area contributed by atoms with Gasteiger partial charge >= 0.3 is 0 Å². The van der Waals surface area contributed by atoms with Gasteiger partial charge in [-0.25, -0.2) is 4.98 Å². The van der Waals surface area contributed by atoms with Gasteiger partial charge in [-0.2, -0.15) is 0 Å². The summed E-state index contributed by atoms with van der Waals surface area (Å²) in [4.78, 5) is 4.03. The fourth-order valence-corrected chi connectivity index (χ4v) is 2.39. The van der Waals surface area contributed by atoms with Gasteiger partial charge in [0.05, 0.1) is 12.9 Å². The maximum Gasteiger partial charge on any atom is 0.164 e. The van der Waals surface area contributed by atoms with E-state index in [0.717, 1.165) is 0 Å². The third-order valence-electron chi connectivity index (χ3n) is 2.79. The van der Waals surface area contributed by atoms with E-state index in [1.54, 1.807) is 0 Å². The Balaban J connectivity index is 2.30. The van der Waals surface area contributed by atoms with Crippen molar-refractivity contribution in [1.82, 2.24) is 9.55 Å². The number of aromatic nitrogens is 2. The third-order valence-corrected chi connectivity index (χ3v) is 3.43. The average molecular weight is 291 g/mol. The minimum Gasteiger partial charge on any atom is -0.394 e. The highest BCUT2D eigenvalue weighted by atomic mass is 32.1. The van der Waals surface area contributed by atoms with E-state index in [-0.39, 0.29) is 4.99 Å². The summed E-state index contributed by atoms with van der Waals surface area (Å²) in [6.45, 7) is -0.395. The van der Waals surface area contributed by atoms with Crippen LogP contribution in [0.4, 0.5) is 0 Å². The second kappa shape index (κ2) is 5.11. The van der Waals surface area contributed by atoms with Crippen molar-refractivity contribution in [3.8, 4) is 0 Å². The van der Waals surface area contributed by atoms with Gasteiger partial charge < -0.3 is 25.8 Å². The van der Waals surface area contributed by atoms with Gasteiger partial charge in [0.15, 0.2) is 6.23 Å². The van der Waals surface area contributed by atoms with Gasteiger partial charge in [-0.15, -0.1) is 12.6 Å². The number of nitrogens with two attached hydrogens (primary N) is 1. The first-order valence-electron chi connectivity index (χ1n) is 5.15. The molecule has 0 spiro atoms. The number of rotatable bonds is 3. The standard InChI is InChI=1S/C9H13N3O4S2/c10-7(17)4-9(18)12(2-11-4)8-6(15)5(14)3(1-13)16-8/h2-3,5-6,8,13-15,18H,1H2,(H2,10,17)/t3-,5-,6-,8-/m1/s1. The molecular formula is C9H13N3O4S2. The molecule has 1 aromatic rings. The summed E-state index contributed by atoms with van der Waals surface area (Å²) in [5.74, 6) is 0. The van der Waals surface area contributed by atoms with Crippen molar-refractivity contribution in [2.75, 3.05) is 6.61 Å². The van der Waals surface area contributed by atoms with E-state index in [9.17, 15) is 10.2 Å².